The van der Waals surface area contributed by atoms with E-state index in [1.54, 1.807) is 4.90 Å². The third-order valence-corrected chi connectivity index (χ3v) is 3.18. The molecule has 1 saturated heterocycles. The molecule has 6 heteroatoms. The molecule has 3 N–H and O–H groups in total. The fraction of sp³-hybridized carbons (Fsp3) is 0.833. The molecule has 0 aromatic rings. The largest absolute Gasteiger partial charge is 0.355 e. The van der Waals surface area contributed by atoms with Crippen LogP contribution in [0.5, 0.6) is 0 Å². The Morgan fingerprint density at radius 2 is 1.83 bits per heavy atom. The number of rotatable bonds is 5. The summed E-state index contributed by atoms with van der Waals surface area (Å²) in [5, 5.41) is 2.77. The zero-order valence-electron chi connectivity index (χ0n) is 11.3. The van der Waals surface area contributed by atoms with Crippen molar-refractivity contribution in [3.8, 4) is 0 Å². The molecule has 1 aliphatic heterocycles. The molecule has 0 aromatic heterocycles. The van der Waals surface area contributed by atoms with E-state index in [4.69, 9.17) is 5.73 Å². The minimum absolute atomic E-state index is 0.0233. The summed E-state index contributed by atoms with van der Waals surface area (Å²) in [6.45, 7) is 7.67. The van der Waals surface area contributed by atoms with Gasteiger partial charge in [-0.2, -0.15) is 0 Å². The van der Waals surface area contributed by atoms with Crippen molar-refractivity contribution in [3.63, 3.8) is 0 Å². The summed E-state index contributed by atoms with van der Waals surface area (Å²) in [7, 11) is 0. The van der Waals surface area contributed by atoms with E-state index >= 15 is 0 Å². The highest BCUT2D eigenvalue weighted by Crippen LogP contribution is 2.04. The Hall–Kier alpha value is -1.14. The first kappa shape index (κ1) is 14.9. The predicted octanol–water partition coefficient (Wildman–Crippen LogP) is -0.996. The molecule has 0 radical (unpaired) electrons. The van der Waals surface area contributed by atoms with Crippen molar-refractivity contribution in [2.75, 3.05) is 39.3 Å². The van der Waals surface area contributed by atoms with Crippen LogP contribution in [0.15, 0.2) is 0 Å². The van der Waals surface area contributed by atoms with E-state index in [0.29, 0.717) is 32.6 Å². The molecule has 0 aliphatic carbocycles. The lowest BCUT2D eigenvalue weighted by atomic mass is 10.2. The van der Waals surface area contributed by atoms with Gasteiger partial charge in [-0.15, -0.1) is 0 Å². The molecular weight excluding hydrogens is 232 g/mol. The van der Waals surface area contributed by atoms with E-state index in [2.05, 4.69) is 10.2 Å². The van der Waals surface area contributed by atoms with E-state index in [-0.39, 0.29) is 17.9 Å². The monoisotopic (exact) mass is 256 g/mol. The lowest BCUT2D eigenvalue weighted by Gasteiger charge is -2.35. The SMILES string of the molecule is CCNC(=O)CN1CCN(C(=O)[C@@H](N)CC)CC1. The number of amides is 2. The normalized spacial score (nSPS) is 18.5. The average molecular weight is 256 g/mol. The first-order valence-electron chi connectivity index (χ1n) is 6.61. The minimum atomic E-state index is -0.389. The highest BCUT2D eigenvalue weighted by atomic mass is 16.2. The van der Waals surface area contributed by atoms with Gasteiger partial charge >= 0.3 is 0 Å². The van der Waals surface area contributed by atoms with E-state index < -0.39 is 0 Å². The Labute approximate surface area is 108 Å². The summed E-state index contributed by atoms with van der Waals surface area (Å²) in [6.07, 6.45) is 0.665. The van der Waals surface area contributed by atoms with Gasteiger partial charge in [-0.05, 0) is 13.3 Å². The summed E-state index contributed by atoms with van der Waals surface area (Å²) in [5.41, 5.74) is 5.73. The van der Waals surface area contributed by atoms with Gasteiger partial charge in [-0.3, -0.25) is 14.5 Å². The lowest BCUT2D eigenvalue weighted by molar-refractivity contribution is -0.134. The summed E-state index contributed by atoms with van der Waals surface area (Å²) in [6, 6.07) is -0.389. The van der Waals surface area contributed by atoms with Crippen molar-refractivity contribution >= 4 is 11.8 Å². The summed E-state index contributed by atoms with van der Waals surface area (Å²) in [4.78, 5) is 27.1. The number of likely N-dealkylation sites (N-methyl/N-ethyl adjacent to an activating group) is 1. The van der Waals surface area contributed by atoms with Gasteiger partial charge in [0.25, 0.3) is 0 Å². The first-order chi connectivity index (χ1) is 8.58. The van der Waals surface area contributed by atoms with Gasteiger partial charge in [0, 0.05) is 32.7 Å². The molecule has 1 atom stereocenters. The van der Waals surface area contributed by atoms with Crippen LogP contribution in [-0.4, -0.2) is 66.9 Å². The van der Waals surface area contributed by atoms with E-state index in [1.807, 2.05) is 13.8 Å². The fourth-order valence-corrected chi connectivity index (χ4v) is 1.99. The highest BCUT2D eigenvalue weighted by molar-refractivity contribution is 5.81. The maximum atomic E-state index is 11.9. The van der Waals surface area contributed by atoms with Gasteiger partial charge in [0.1, 0.15) is 0 Å². The van der Waals surface area contributed by atoms with Crippen molar-refractivity contribution < 1.29 is 9.59 Å². The van der Waals surface area contributed by atoms with Crippen molar-refractivity contribution in [2.24, 2.45) is 5.73 Å². The van der Waals surface area contributed by atoms with Gasteiger partial charge in [0.05, 0.1) is 12.6 Å². The molecular formula is C12H24N4O2. The molecule has 0 unspecified atom stereocenters. The summed E-state index contributed by atoms with van der Waals surface area (Å²) >= 11 is 0. The van der Waals surface area contributed by atoms with Gasteiger partial charge in [-0.1, -0.05) is 6.92 Å². The lowest BCUT2D eigenvalue weighted by Crippen LogP contribution is -2.54. The Balaban J connectivity index is 2.32. The average Bonchev–Trinajstić information content (AvgIpc) is 2.38. The number of piperazine rings is 1. The molecule has 2 amide bonds. The number of nitrogens with zero attached hydrogens (tertiary/aromatic N) is 2. The van der Waals surface area contributed by atoms with E-state index in [0.717, 1.165) is 13.1 Å². The van der Waals surface area contributed by atoms with Crippen LogP contribution in [0.1, 0.15) is 20.3 Å². The topological polar surface area (TPSA) is 78.7 Å². The Morgan fingerprint density at radius 1 is 1.22 bits per heavy atom. The standard InChI is InChI=1S/C12H24N4O2/c1-3-10(13)12(18)16-7-5-15(6-8-16)9-11(17)14-4-2/h10H,3-9,13H2,1-2H3,(H,14,17)/t10-/m0/s1. The number of carbonyl (C=O) groups excluding carboxylic acids is 2. The number of hydrogen-bond acceptors (Lipinski definition) is 4. The van der Waals surface area contributed by atoms with Gasteiger partial charge in [0.2, 0.25) is 11.8 Å². The van der Waals surface area contributed by atoms with Gasteiger partial charge in [-0.25, -0.2) is 0 Å². The maximum absolute atomic E-state index is 11.9. The van der Waals surface area contributed by atoms with Crippen LogP contribution >= 0.6 is 0 Å². The van der Waals surface area contributed by atoms with Crippen molar-refractivity contribution in [2.45, 2.75) is 26.3 Å². The number of carbonyl (C=O) groups is 2. The zero-order chi connectivity index (χ0) is 13.5. The molecule has 6 nitrogen and oxygen atoms in total. The van der Waals surface area contributed by atoms with Crippen molar-refractivity contribution in [3.05, 3.63) is 0 Å². The molecule has 1 rings (SSSR count). The molecule has 1 heterocycles. The third kappa shape index (κ3) is 4.27. The highest BCUT2D eigenvalue weighted by Gasteiger charge is 2.24. The first-order valence-corrected chi connectivity index (χ1v) is 6.61. The molecule has 1 fully saturated rings. The smallest absolute Gasteiger partial charge is 0.239 e. The van der Waals surface area contributed by atoms with Crippen LogP contribution in [0.2, 0.25) is 0 Å². The Kier molecular flexibility index (Phi) is 6.07. The molecule has 0 aromatic carbocycles. The quantitative estimate of drug-likeness (QED) is 0.661. The third-order valence-electron chi connectivity index (χ3n) is 3.18. The van der Waals surface area contributed by atoms with Crippen LogP contribution in [0.25, 0.3) is 0 Å². The second kappa shape index (κ2) is 7.33. The molecule has 0 saturated carbocycles. The zero-order valence-corrected chi connectivity index (χ0v) is 11.3. The van der Waals surface area contributed by atoms with Crippen molar-refractivity contribution in [1.29, 1.82) is 0 Å². The predicted molar refractivity (Wildman–Crippen MR) is 70.0 cm³/mol. The second-order valence-corrected chi connectivity index (χ2v) is 4.57. The van der Waals surface area contributed by atoms with Crippen LogP contribution in [0.3, 0.4) is 0 Å². The molecule has 104 valence electrons. The summed E-state index contributed by atoms with van der Waals surface area (Å²) in [5.74, 6) is 0.0673. The molecule has 0 bridgehead atoms. The van der Waals surface area contributed by atoms with E-state index in [9.17, 15) is 9.59 Å². The van der Waals surface area contributed by atoms with Crippen LogP contribution in [0, 0.1) is 0 Å². The maximum Gasteiger partial charge on any atom is 0.239 e. The Morgan fingerprint density at radius 3 is 2.33 bits per heavy atom. The van der Waals surface area contributed by atoms with Crippen LogP contribution < -0.4 is 11.1 Å². The van der Waals surface area contributed by atoms with Crippen LogP contribution in [-0.2, 0) is 9.59 Å². The number of nitrogens with one attached hydrogen (secondary N) is 1. The minimum Gasteiger partial charge on any atom is -0.355 e. The molecule has 1 aliphatic rings. The molecule has 0 spiro atoms. The van der Waals surface area contributed by atoms with Crippen molar-refractivity contribution in [1.82, 2.24) is 15.1 Å². The van der Waals surface area contributed by atoms with Crippen LogP contribution in [0.4, 0.5) is 0 Å². The Bertz CT molecular complexity index is 288. The summed E-state index contributed by atoms with van der Waals surface area (Å²) < 4.78 is 0. The molecule has 18 heavy (non-hydrogen) atoms. The fourth-order valence-electron chi connectivity index (χ4n) is 1.99. The van der Waals surface area contributed by atoms with Gasteiger partial charge in [0.15, 0.2) is 0 Å². The number of nitrogens with two attached hydrogens (primary N) is 1. The second-order valence-electron chi connectivity index (χ2n) is 4.57. The van der Waals surface area contributed by atoms with Gasteiger partial charge < -0.3 is 16.0 Å². The number of hydrogen-bond donors (Lipinski definition) is 2. The van der Waals surface area contributed by atoms with E-state index in [1.165, 1.54) is 0 Å².